The van der Waals surface area contributed by atoms with Crippen molar-refractivity contribution in [3.8, 4) is 0 Å². The van der Waals surface area contributed by atoms with Gasteiger partial charge in [-0.1, -0.05) is 25.8 Å². The maximum Gasteiger partial charge on any atom is 0.329 e. The van der Waals surface area contributed by atoms with Crippen molar-refractivity contribution in [3.05, 3.63) is 30.1 Å². The zero-order valence-corrected chi connectivity index (χ0v) is 11.9. The van der Waals surface area contributed by atoms with Crippen molar-refractivity contribution >= 4 is 11.7 Å². The van der Waals surface area contributed by atoms with Crippen LogP contribution in [-0.4, -0.2) is 16.6 Å². The molecule has 2 N–H and O–H groups in total. The van der Waals surface area contributed by atoms with Crippen LogP contribution in [0.5, 0.6) is 0 Å². The summed E-state index contributed by atoms with van der Waals surface area (Å²) in [6.45, 7) is 2.16. The summed E-state index contributed by atoms with van der Waals surface area (Å²) in [4.78, 5) is 11.7. The van der Waals surface area contributed by atoms with Crippen molar-refractivity contribution < 1.29 is 14.3 Å². The normalized spacial score (nSPS) is 26.2. The van der Waals surface area contributed by atoms with Crippen molar-refractivity contribution in [3.63, 3.8) is 0 Å². The number of benzene rings is 1. The van der Waals surface area contributed by atoms with Gasteiger partial charge in [-0.15, -0.1) is 0 Å². The maximum absolute atomic E-state index is 13.2. The standard InChI is InChI=1S/C16H22FNO2/c1-2-4-12-7-9-16(10-8-12,15(19)20)18-14-6-3-5-13(17)11-14/h3,5-6,11-12,18H,2,4,7-10H2,1H3,(H,19,20). The Hall–Kier alpha value is -1.58. The number of carbonyl (C=O) groups is 1. The molecule has 0 bridgehead atoms. The first-order valence-corrected chi connectivity index (χ1v) is 7.33. The van der Waals surface area contributed by atoms with Crippen LogP contribution in [0.15, 0.2) is 24.3 Å². The molecule has 1 fully saturated rings. The lowest BCUT2D eigenvalue weighted by Crippen LogP contribution is -2.49. The molecule has 20 heavy (non-hydrogen) atoms. The SMILES string of the molecule is CCCC1CCC(Nc2cccc(F)c2)(C(=O)O)CC1. The lowest BCUT2D eigenvalue weighted by molar-refractivity contribution is -0.143. The topological polar surface area (TPSA) is 49.3 Å². The maximum atomic E-state index is 13.2. The smallest absolute Gasteiger partial charge is 0.329 e. The van der Waals surface area contributed by atoms with Gasteiger partial charge in [-0.05, 0) is 49.8 Å². The van der Waals surface area contributed by atoms with Gasteiger partial charge in [0.15, 0.2) is 0 Å². The van der Waals surface area contributed by atoms with Gasteiger partial charge in [-0.25, -0.2) is 9.18 Å². The van der Waals surface area contributed by atoms with Crippen molar-refractivity contribution in [2.24, 2.45) is 5.92 Å². The van der Waals surface area contributed by atoms with E-state index in [1.54, 1.807) is 12.1 Å². The number of rotatable bonds is 5. The Morgan fingerprint density at radius 3 is 2.70 bits per heavy atom. The Morgan fingerprint density at radius 1 is 1.45 bits per heavy atom. The van der Waals surface area contributed by atoms with E-state index in [9.17, 15) is 14.3 Å². The molecule has 1 aliphatic rings. The van der Waals surface area contributed by atoms with Crippen LogP contribution < -0.4 is 5.32 Å². The number of carboxylic acids is 1. The molecule has 0 aromatic heterocycles. The quantitative estimate of drug-likeness (QED) is 0.854. The monoisotopic (exact) mass is 279 g/mol. The lowest BCUT2D eigenvalue weighted by atomic mass is 9.75. The summed E-state index contributed by atoms with van der Waals surface area (Å²) in [5, 5.41) is 12.6. The van der Waals surface area contributed by atoms with E-state index < -0.39 is 11.5 Å². The van der Waals surface area contributed by atoms with Gasteiger partial charge in [0, 0.05) is 5.69 Å². The number of nitrogens with one attached hydrogen (secondary N) is 1. The summed E-state index contributed by atoms with van der Waals surface area (Å²) in [6, 6.07) is 6.02. The van der Waals surface area contributed by atoms with Crippen LogP contribution in [0.25, 0.3) is 0 Å². The number of carboxylic acid groups (broad SMARTS) is 1. The zero-order valence-electron chi connectivity index (χ0n) is 11.9. The van der Waals surface area contributed by atoms with E-state index in [2.05, 4.69) is 12.2 Å². The molecule has 1 aromatic carbocycles. The Labute approximate surface area is 119 Å². The Bertz CT molecular complexity index is 467. The molecule has 1 saturated carbocycles. The van der Waals surface area contributed by atoms with Crippen LogP contribution in [0.2, 0.25) is 0 Å². The molecule has 0 unspecified atom stereocenters. The molecule has 110 valence electrons. The van der Waals surface area contributed by atoms with Crippen LogP contribution in [0.1, 0.15) is 45.4 Å². The van der Waals surface area contributed by atoms with Gasteiger partial charge in [0.05, 0.1) is 0 Å². The molecule has 0 aliphatic heterocycles. The molecule has 3 nitrogen and oxygen atoms in total. The fraction of sp³-hybridized carbons (Fsp3) is 0.562. The average molecular weight is 279 g/mol. The molecule has 0 saturated heterocycles. The number of aliphatic carboxylic acids is 1. The van der Waals surface area contributed by atoms with Crippen LogP contribution in [0.4, 0.5) is 10.1 Å². The highest BCUT2D eigenvalue weighted by atomic mass is 19.1. The Balaban J connectivity index is 2.10. The number of hydrogen-bond acceptors (Lipinski definition) is 2. The minimum Gasteiger partial charge on any atom is -0.480 e. The predicted octanol–water partition coefficient (Wildman–Crippen LogP) is 4.05. The molecule has 1 aromatic rings. The highest BCUT2D eigenvalue weighted by molar-refractivity contribution is 5.83. The first-order chi connectivity index (χ1) is 9.55. The van der Waals surface area contributed by atoms with Crippen LogP contribution in [0, 0.1) is 11.7 Å². The summed E-state index contributed by atoms with van der Waals surface area (Å²) in [5.74, 6) is -0.561. The fourth-order valence-corrected chi connectivity index (χ4v) is 3.10. The molecule has 1 aliphatic carbocycles. The first kappa shape index (κ1) is 14.8. The molecule has 0 atom stereocenters. The summed E-state index contributed by atoms with van der Waals surface area (Å²) in [6.07, 6.45) is 5.34. The van der Waals surface area contributed by atoms with E-state index in [0.29, 0.717) is 24.4 Å². The van der Waals surface area contributed by atoms with E-state index in [1.165, 1.54) is 12.1 Å². The highest BCUT2D eigenvalue weighted by Crippen LogP contribution is 2.37. The molecule has 2 rings (SSSR count). The van der Waals surface area contributed by atoms with Gasteiger partial charge in [0.2, 0.25) is 0 Å². The fourth-order valence-electron chi connectivity index (χ4n) is 3.10. The van der Waals surface area contributed by atoms with Gasteiger partial charge in [0.25, 0.3) is 0 Å². The van der Waals surface area contributed by atoms with E-state index in [-0.39, 0.29) is 5.82 Å². The molecule has 0 amide bonds. The van der Waals surface area contributed by atoms with E-state index in [0.717, 1.165) is 25.7 Å². The second-order valence-electron chi connectivity index (χ2n) is 5.75. The lowest BCUT2D eigenvalue weighted by Gasteiger charge is -2.38. The Kier molecular flexibility index (Phi) is 4.63. The summed E-state index contributed by atoms with van der Waals surface area (Å²) >= 11 is 0. The molecule has 0 heterocycles. The molecule has 0 spiro atoms. The molecule has 0 radical (unpaired) electrons. The largest absolute Gasteiger partial charge is 0.480 e. The van der Waals surface area contributed by atoms with Gasteiger partial charge in [0.1, 0.15) is 11.4 Å². The average Bonchev–Trinajstić information content (AvgIpc) is 2.41. The van der Waals surface area contributed by atoms with Gasteiger partial charge in [-0.2, -0.15) is 0 Å². The van der Waals surface area contributed by atoms with E-state index in [1.807, 2.05) is 0 Å². The van der Waals surface area contributed by atoms with Crippen LogP contribution in [-0.2, 0) is 4.79 Å². The predicted molar refractivity (Wildman–Crippen MR) is 77.3 cm³/mol. The third kappa shape index (κ3) is 3.30. The van der Waals surface area contributed by atoms with Gasteiger partial charge >= 0.3 is 5.97 Å². The van der Waals surface area contributed by atoms with Crippen LogP contribution in [0.3, 0.4) is 0 Å². The number of anilines is 1. The molecule has 4 heteroatoms. The van der Waals surface area contributed by atoms with E-state index >= 15 is 0 Å². The van der Waals surface area contributed by atoms with E-state index in [4.69, 9.17) is 0 Å². The zero-order chi connectivity index (χ0) is 14.6. The van der Waals surface area contributed by atoms with Crippen LogP contribution >= 0.6 is 0 Å². The summed E-state index contributed by atoms with van der Waals surface area (Å²) in [5.41, 5.74) is -0.403. The number of halogens is 1. The minimum absolute atomic E-state index is 0.352. The number of hydrogen-bond donors (Lipinski definition) is 2. The second-order valence-corrected chi connectivity index (χ2v) is 5.75. The second kappa shape index (κ2) is 6.25. The molecular weight excluding hydrogens is 257 g/mol. The Morgan fingerprint density at radius 2 is 2.15 bits per heavy atom. The third-order valence-electron chi connectivity index (χ3n) is 4.27. The minimum atomic E-state index is -0.946. The third-order valence-corrected chi connectivity index (χ3v) is 4.27. The highest BCUT2D eigenvalue weighted by Gasteiger charge is 2.41. The van der Waals surface area contributed by atoms with Crippen molar-refractivity contribution in [1.29, 1.82) is 0 Å². The van der Waals surface area contributed by atoms with Crippen molar-refractivity contribution in [2.75, 3.05) is 5.32 Å². The van der Waals surface area contributed by atoms with Crippen molar-refractivity contribution in [2.45, 2.75) is 51.0 Å². The van der Waals surface area contributed by atoms with Gasteiger partial charge in [-0.3, -0.25) is 0 Å². The summed E-state index contributed by atoms with van der Waals surface area (Å²) < 4.78 is 13.2. The van der Waals surface area contributed by atoms with Gasteiger partial charge < -0.3 is 10.4 Å². The summed E-state index contributed by atoms with van der Waals surface area (Å²) in [7, 11) is 0. The molecular formula is C16H22FNO2. The first-order valence-electron chi connectivity index (χ1n) is 7.33. The van der Waals surface area contributed by atoms with Crippen molar-refractivity contribution in [1.82, 2.24) is 0 Å².